The van der Waals surface area contributed by atoms with Crippen molar-refractivity contribution in [2.75, 3.05) is 25.9 Å². The summed E-state index contributed by atoms with van der Waals surface area (Å²) in [5.41, 5.74) is 0.399. The molecule has 222 valence electrons. The summed E-state index contributed by atoms with van der Waals surface area (Å²) in [5.74, 6) is -1.49. The Bertz CT molecular complexity index is 1120. The minimum absolute atomic E-state index is 0.125. The molecule has 2 aliphatic rings. The maximum atomic E-state index is 13.5. The van der Waals surface area contributed by atoms with Crippen LogP contribution in [0.1, 0.15) is 70.8 Å². The minimum atomic E-state index is -0.913. The summed E-state index contributed by atoms with van der Waals surface area (Å²) in [6, 6.07) is 3.27. The first-order valence-electron chi connectivity index (χ1n) is 13.5. The maximum absolute atomic E-state index is 13.5. The Kier molecular flexibility index (Phi) is 10.1. The van der Waals surface area contributed by atoms with Gasteiger partial charge in [0.2, 0.25) is 0 Å². The predicted molar refractivity (Wildman–Crippen MR) is 150 cm³/mol. The van der Waals surface area contributed by atoms with Crippen LogP contribution in [0, 0.1) is 5.92 Å². The summed E-state index contributed by atoms with van der Waals surface area (Å²) in [6.07, 6.45) is 4.40. The summed E-state index contributed by atoms with van der Waals surface area (Å²) in [7, 11) is 3.05. The van der Waals surface area contributed by atoms with Gasteiger partial charge in [0.05, 0.1) is 11.8 Å². The lowest BCUT2D eigenvalue weighted by atomic mass is 9.98. The average Bonchev–Trinajstić information content (AvgIpc) is 3.17. The highest BCUT2D eigenvalue weighted by atomic mass is 16.8. The zero-order valence-corrected chi connectivity index (χ0v) is 24.9. The van der Waals surface area contributed by atoms with Crippen molar-refractivity contribution in [1.29, 1.82) is 0 Å². The van der Waals surface area contributed by atoms with Crippen LogP contribution in [0.2, 0.25) is 0 Å². The molecule has 5 atom stereocenters. The van der Waals surface area contributed by atoms with Crippen LogP contribution in [0.3, 0.4) is 0 Å². The van der Waals surface area contributed by atoms with Gasteiger partial charge in [-0.25, -0.2) is 9.59 Å². The molecule has 0 radical (unpaired) electrons. The molecule has 3 rings (SSSR count). The molecule has 40 heavy (non-hydrogen) atoms. The third-order valence-corrected chi connectivity index (χ3v) is 6.58. The number of carbonyl (C=O) groups is 2. The quantitative estimate of drug-likeness (QED) is 0.306. The molecule has 10 heteroatoms. The number of anilines is 1. The summed E-state index contributed by atoms with van der Waals surface area (Å²) in [5, 5.41) is 10.9. The van der Waals surface area contributed by atoms with E-state index in [-0.39, 0.29) is 24.0 Å². The minimum Gasteiger partial charge on any atom is -0.467 e. The van der Waals surface area contributed by atoms with E-state index in [2.05, 4.69) is 0 Å². The number of ether oxygens (including phenoxy) is 6. The molecule has 1 amide bonds. The number of nitrogens with zero attached hydrogens (tertiary/aromatic N) is 1. The van der Waals surface area contributed by atoms with Gasteiger partial charge < -0.3 is 33.5 Å². The van der Waals surface area contributed by atoms with E-state index < -0.39 is 47.9 Å². The van der Waals surface area contributed by atoms with Gasteiger partial charge in [-0.05, 0) is 59.6 Å². The Morgan fingerprint density at radius 3 is 2.52 bits per heavy atom. The molecule has 1 unspecified atom stereocenters. The molecule has 1 saturated heterocycles. The predicted octanol–water partition coefficient (Wildman–Crippen LogP) is 5.08. The molecule has 1 fully saturated rings. The second-order valence-corrected chi connectivity index (χ2v) is 11.6. The average molecular weight is 562 g/mol. The second kappa shape index (κ2) is 12.7. The molecule has 0 aromatic heterocycles. The van der Waals surface area contributed by atoms with E-state index in [0.29, 0.717) is 17.7 Å². The van der Waals surface area contributed by atoms with E-state index in [4.69, 9.17) is 28.4 Å². The van der Waals surface area contributed by atoms with E-state index in [1.54, 1.807) is 79.0 Å². The number of cyclic esters (lactones) is 1. The molecule has 1 N–H and O–H groups in total. The Balaban J connectivity index is 2.12. The van der Waals surface area contributed by atoms with Crippen molar-refractivity contribution in [3.8, 4) is 5.75 Å². The molecule has 0 saturated carbocycles. The van der Waals surface area contributed by atoms with Crippen molar-refractivity contribution in [3.63, 3.8) is 0 Å². The summed E-state index contributed by atoms with van der Waals surface area (Å²) in [4.78, 5) is 27.7. The fourth-order valence-electron chi connectivity index (χ4n) is 4.39. The number of amides is 1. The number of aliphatic hydroxyl groups excluding tert-OH is 1. The largest absolute Gasteiger partial charge is 0.467 e. The van der Waals surface area contributed by atoms with E-state index in [1.165, 1.54) is 12.0 Å². The van der Waals surface area contributed by atoms with E-state index in [0.717, 1.165) is 0 Å². The fraction of sp³-hybridized carbons (Fsp3) is 0.600. The van der Waals surface area contributed by atoms with Crippen molar-refractivity contribution >= 4 is 23.8 Å². The highest BCUT2D eigenvalue weighted by molar-refractivity contribution is 5.99. The van der Waals surface area contributed by atoms with Crippen LogP contribution >= 0.6 is 0 Å². The van der Waals surface area contributed by atoms with Crippen LogP contribution in [-0.2, 0) is 23.7 Å². The number of aliphatic hydroxyl groups is 1. The van der Waals surface area contributed by atoms with Gasteiger partial charge in [0, 0.05) is 26.1 Å². The highest BCUT2D eigenvalue weighted by Crippen LogP contribution is 2.35. The number of fused-ring (bicyclic) bond motifs is 2. The highest BCUT2D eigenvalue weighted by Gasteiger charge is 2.43. The number of methoxy groups -OCH3 is 1. The topological polar surface area (TPSA) is 113 Å². The molecular formula is C30H43NO9. The summed E-state index contributed by atoms with van der Waals surface area (Å²) < 4.78 is 34.4. The molecule has 1 aromatic carbocycles. The standard InChI is InChI=1S/C30H43NO9/c1-18-13-14-22(32)26-23(38-30(6,7)39-26)12-10-11-20-15-21(31(8)28(34)40-29(3,4)5)16-24(36-17-35-9)25(20)27(33)37-19(18)2/h10-11,13-16,18-19,22-23,26,32H,12,17H2,1-9H3/b11-10+,14-13-/t18-,19+,22?,23+,26-/m1/s1. The van der Waals surface area contributed by atoms with Gasteiger partial charge >= 0.3 is 12.1 Å². The van der Waals surface area contributed by atoms with Gasteiger partial charge in [-0.2, -0.15) is 0 Å². The molecule has 0 bridgehead atoms. The van der Waals surface area contributed by atoms with Gasteiger partial charge in [-0.15, -0.1) is 0 Å². The number of hydrogen-bond acceptors (Lipinski definition) is 9. The number of benzene rings is 1. The normalized spacial score (nSPS) is 28.4. The summed E-state index contributed by atoms with van der Waals surface area (Å²) in [6.45, 7) is 12.5. The van der Waals surface area contributed by atoms with E-state index in [9.17, 15) is 14.7 Å². The molecule has 2 heterocycles. The molecule has 0 spiro atoms. The van der Waals surface area contributed by atoms with Crippen molar-refractivity contribution in [2.45, 2.75) is 90.7 Å². The second-order valence-electron chi connectivity index (χ2n) is 11.6. The molecule has 0 aliphatic carbocycles. The van der Waals surface area contributed by atoms with Crippen LogP contribution in [0.15, 0.2) is 30.4 Å². The van der Waals surface area contributed by atoms with Gasteiger partial charge in [0.15, 0.2) is 12.6 Å². The van der Waals surface area contributed by atoms with Gasteiger partial charge in [0.25, 0.3) is 0 Å². The van der Waals surface area contributed by atoms with Gasteiger partial charge in [-0.3, -0.25) is 4.90 Å². The molecule has 1 aromatic rings. The Labute approximate surface area is 236 Å². The third kappa shape index (κ3) is 8.06. The first-order chi connectivity index (χ1) is 18.6. The maximum Gasteiger partial charge on any atom is 0.414 e. The lowest BCUT2D eigenvalue weighted by molar-refractivity contribution is -0.152. The first-order valence-corrected chi connectivity index (χ1v) is 13.5. The molecular weight excluding hydrogens is 518 g/mol. The van der Waals surface area contributed by atoms with Crippen molar-refractivity contribution in [2.24, 2.45) is 5.92 Å². The Hall–Kier alpha value is -2.92. The Morgan fingerprint density at radius 1 is 1.18 bits per heavy atom. The zero-order chi connectivity index (χ0) is 29.8. The number of rotatable bonds is 4. The Morgan fingerprint density at radius 2 is 1.88 bits per heavy atom. The van der Waals surface area contributed by atoms with Crippen LogP contribution in [0.25, 0.3) is 6.08 Å². The van der Waals surface area contributed by atoms with Crippen molar-refractivity contribution in [1.82, 2.24) is 0 Å². The van der Waals surface area contributed by atoms with Gasteiger partial charge in [-0.1, -0.05) is 31.2 Å². The van der Waals surface area contributed by atoms with E-state index in [1.807, 2.05) is 13.0 Å². The number of carbonyl (C=O) groups excluding carboxylic acids is 2. The van der Waals surface area contributed by atoms with E-state index >= 15 is 0 Å². The first kappa shape index (κ1) is 31.6. The fourth-order valence-corrected chi connectivity index (χ4v) is 4.39. The van der Waals surface area contributed by atoms with Crippen LogP contribution in [-0.4, -0.2) is 73.9 Å². The molecule has 10 nitrogen and oxygen atoms in total. The number of hydrogen-bond donors (Lipinski definition) is 1. The smallest absolute Gasteiger partial charge is 0.414 e. The lowest BCUT2D eigenvalue weighted by Crippen LogP contribution is -2.34. The summed E-state index contributed by atoms with van der Waals surface area (Å²) >= 11 is 0. The van der Waals surface area contributed by atoms with Crippen molar-refractivity contribution in [3.05, 3.63) is 41.5 Å². The lowest BCUT2D eigenvalue weighted by Gasteiger charge is -2.26. The third-order valence-electron chi connectivity index (χ3n) is 6.58. The van der Waals surface area contributed by atoms with Gasteiger partial charge in [0.1, 0.15) is 35.2 Å². The number of esters is 1. The van der Waals surface area contributed by atoms with Crippen LogP contribution in [0.4, 0.5) is 10.5 Å². The zero-order valence-electron chi connectivity index (χ0n) is 24.9. The van der Waals surface area contributed by atoms with Crippen molar-refractivity contribution < 1.29 is 43.1 Å². The monoisotopic (exact) mass is 561 g/mol. The SMILES string of the molecule is COCOc1cc(N(C)C(=O)OC(C)(C)C)cc2c1C(=O)O[C@@H](C)[C@H](C)/C=C\C(O)[C@H]1OC(C)(C)O[C@H]1C/C=C/2. The van der Waals surface area contributed by atoms with Crippen LogP contribution in [0.5, 0.6) is 5.75 Å². The molecule has 2 aliphatic heterocycles. The van der Waals surface area contributed by atoms with Crippen LogP contribution < -0.4 is 9.64 Å².